The van der Waals surface area contributed by atoms with Gasteiger partial charge in [-0.15, -0.1) is 0 Å². The van der Waals surface area contributed by atoms with Gasteiger partial charge in [-0.2, -0.15) is 0 Å². The first-order valence-corrected chi connectivity index (χ1v) is 17.8. The second-order valence-corrected chi connectivity index (χ2v) is 15.8. The van der Waals surface area contributed by atoms with E-state index in [9.17, 15) is 24.3 Å². The average molecular weight is 698 g/mol. The Hall–Kier alpha value is -3.44. The summed E-state index contributed by atoms with van der Waals surface area (Å²) in [6, 6.07) is 8.29. The summed E-state index contributed by atoms with van der Waals surface area (Å²) in [5.74, 6) is -3.11. The minimum Gasteiger partial charge on any atom is -0.466 e. The number of rotatable bonds is 10. The van der Waals surface area contributed by atoms with Crippen LogP contribution in [0.5, 0.6) is 0 Å². The molecule has 50 heavy (non-hydrogen) atoms. The molecule has 11 nitrogen and oxygen atoms in total. The topological polar surface area (TPSA) is 138 Å². The number of carbonyl (C=O) groups is 4. The molecule has 10 atom stereocenters. The van der Waals surface area contributed by atoms with Gasteiger partial charge < -0.3 is 33.7 Å². The van der Waals surface area contributed by atoms with E-state index in [0.29, 0.717) is 38.7 Å². The predicted octanol–water partition coefficient (Wildman–Crippen LogP) is 4.81. The molecule has 1 N–H and O–H groups in total. The Morgan fingerprint density at radius 2 is 1.54 bits per heavy atom. The summed E-state index contributed by atoms with van der Waals surface area (Å²) >= 11 is 0. The number of hydrogen-bond acceptors (Lipinski definition) is 11. The molecule has 11 heteroatoms. The van der Waals surface area contributed by atoms with E-state index in [1.165, 1.54) is 27.7 Å². The molecule has 1 aromatic rings. The van der Waals surface area contributed by atoms with Crippen LogP contribution in [0.1, 0.15) is 79.7 Å². The molecule has 1 aliphatic heterocycles. The van der Waals surface area contributed by atoms with Crippen LogP contribution in [-0.4, -0.2) is 86.8 Å². The molecule has 0 radical (unpaired) electrons. The number of ether oxygens (including phenoxy) is 5. The summed E-state index contributed by atoms with van der Waals surface area (Å²) in [6.45, 7) is 12.1. The summed E-state index contributed by atoms with van der Waals surface area (Å²) in [6.07, 6.45) is 1.80. The first-order chi connectivity index (χ1) is 23.4. The van der Waals surface area contributed by atoms with Crippen LogP contribution in [0.2, 0.25) is 0 Å². The third-order valence-electron chi connectivity index (χ3n) is 12.7. The fourth-order valence-corrected chi connectivity index (χ4v) is 10.7. The molecule has 276 valence electrons. The molecule has 1 aromatic carbocycles. The summed E-state index contributed by atoms with van der Waals surface area (Å²) in [5.41, 5.74) is -0.758. The molecular weight excluding hydrogens is 642 g/mol. The lowest BCUT2D eigenvalue weighted by Crippen LogP contribution is -2.74. The van der Waals surface area contributed by atoms with E-state index in [2.05, 4.69) is 31.2 Å². The standard InChI is InChI=1S/C39H55NO10/c1-23-20-32(48-25(3)42)37(7)30(39(23,45)17-14-28-10-12-29(13-11-28)40(8)9)15-16-36(6)31-21-46-22-38(31,18-19-47-24(2)41)35(50-27(5)44)33(34(36)37)49-26(4)43/h10-13,20,30-35,45H,14-19,21-22H2,1-9H3/t30-,31+,32-,33+,34?,35+,36+,37-,38+,39-/m1/s1. The number of aliphatic hydroxyl groups is 1. The summed E-state index contributed by atoms with van der Waals surface area (Å²) in [5, 5.41) is 12.9. The fourth-order valence-electron chi connectivity index (χ4n) is 10.7. The van der Waals surface area contributed by atoms with Crippen LogP contribution in [0.15, 0.2) is 35.9 Å². The zero-order chi connectivity index (χ0) is 36.8. The number of fused-ring (bicyclic) bond motifs is 5. The van der Waals surface area contributed by atoms with Gasteiger partial charge in [-0.1, -0.05) is 26.0 Å². The molecule has 1 saturated heterocycles. The maximum absolute atomic E-state index is 13.0. The molecular formula is C39H55NO10. The molecule has 5 rings (SSSR count). The minimum atomic E-state index is -1.28. The van der Waals surface area contributed by atoms with Gasteiger partial charge in [0.15, 0.2) is 0 Å². The molecule has 1 heterocycles. The van der Waals surface area contributed by atoms with E-state index in [4.69, 9.17) is 23.7 Å². The van der Waals surface area contributed by atoms with E-state index >= 15 is 0 Å². The van der Waals surface area contributed by atoms with Crippen molar-refractivity contribution >= 4 is 29.6 Å². The van der Waals surface area contributed by atoms with Gasteiger partial charge in [0.2, 0.25) is 0 Å². The van der Waals surface area contributed by atoms with E-state index in [-0.39, 0.29) is 19.1 Å². The third kappa shape index (κ3) is 6.44. The summed E-state index contributed by atoms with van der Waals surface area (Å²) in [4.78, 5) is 52.6. The van der Waals surface area contributed by atoms with Crippen molar-refractivity contribution < 1.29 is 48.0 Å². The molecule has 1 unspecified atom stereocenters. The largest absolute Gasteiger partial charge is 0.466 e. The third-order valence-corrected chi connectivity index (χ3v) is 12.7. The lowest BCUT2D eigenvalue weighted by molar-refractivity contribution is -0.287. The SMILES string of the molecule is CC(=O)OCC[C@]12COC[C@H]1[C@]1(C)CC[C@@H]3[C@@](C)(C1[C@H](OC(C)=O)[C@@H]2OC(C)=O)[C@H](OC(C)=O)C=C(C)[C@]3(O)CCc1ccc(N(C)C)cc1. The van der Waals surface area contributed by atoms with Crippen molar-refractivity contribution in [3.8, 4) is 0 Å². The van der Waals surface area contributed by atoms with Crippen LogP contribution >= 0.6 is 0 Å². The number of anilines is 1. The van der Waals surface area contributed by atoms with Gasteiger partial charge in [-0.3, -0.25) is 19.2 Å². The van der Waals surface area contributed by atoms with Crippen LogP contribution in [0.25, 0.3) is 0 Å². The van der Waals surface area contributed by atoms with Crippen molar-refractivity contribution in [2.75, 3.05) is 38.8 Å². The Balaban J connectivity index is 1.66. The quantitative estimate of drug-likeness (QED) is 0.205. The normalized spacial score (nSPS) is 37.3. The van der Waals surface area contributed by atoms with Gasteiger partial charge in [-0.25, -0.2) is 0 Å². The molecule has 4 aliphatic rings. The smallest absolute Gasteiger partial charge is 0.303 e. The Morgan fingerprint density at radius 1 is 0.900 bits per heavy atom. The van der Waals surface area contributed by atoms with Crippen molar-refractivity contribution in [3.63, 3.8) is 0 Å². The Kier molecular flexibility index (Phi) is 10.5. The predicted molar refractivity (Wildman–Crippen MR) is 185 cm³/mol. The zero-order valence-corrected chi connectivity index (χ0v) is 31.1. The second-order valence-electron chi connectivity index (χ2n) is 15.8. The van der Waals surface area contributed by atoms with Crippen LogP contribution in [-0.2, 0) is 49.3 Å². The number of esters is 4. The van der Waals surface area contributed by atoms with E-state index in [1.807, 2.05) is 38.9 Å². The molecule has 2 saturated carbocycles. The number of aryl methyl sites for hydroxylation is 1. The Bertz CT molecular complexity index is 1510. The highest BCUT2D eigenvalue weighted by Crippen LogP contribution is 2.72. The maximum Gasteiger partial charge on any atom is 0.303 e. The van der Waals surface area contributed by atoms with Gasteiger partial charge in [0.1, 0.15) is 18.3 Å². The highest BCUT2D eigenvalue weighted by atomic mass is 16.6. The molecule has 3 fully saturated rings. The van der Waals surface area contributed by atoms with Gasteiger partial charge in [0.05, 0.1) is 25.4 Å². The van der Waals surface area contributed by atoms with Gasteiger partial charge >= 0.3 is 23.9 Å². The number of nitrogens with zero attached hydrogens (tertiary/aromatic N) is 1. The monoisotopic (exact) mass is 697 g/mol. The molecule has 0 amide bonds. The first-order valence-electron chi connectivity index (χ1n) is 17.8. The minimum absolute atomic E-state index is 0.0771. The molecule has 0 spiro atoms. The van der Waals surface area contributed by atoms with Gasteiger partial charge in [-0.05, 0) is 79.7 Å². The average Bonchev–Trinajstić information content (AvgIpc) is 3.46. The van der Waals surface area contributed by atoms with Crippen LogP contribution in [0, 0.1) is 34.0 Å². The van der Waals surface area contributed by atoms with E-state index in [1.54, 1.807) is 0 Å². The highest BCUT2D eigenvalue weighted by molar-refractivity contribution is 5.68. The Morgan fingerprint density at radius 3 is 2.12 bits per heavy atom. The fraction of sp³-hybridized carbons (Fsp3) is 0.692. The van der Waals surface area contributed by atoms with Crippen LogP contribution in [0.4, 0.5) is 5.69 Å². The first kappa shape index (κ1) is 37.8. The maximum atomic E-state index is 13.0. The van der Waals surface area contributed by atoms with Crippen molar-refractivity contribution in [1.29, 1.82) is 0 Å². The highest BCUT2D eigenvalue weighted by Gasteiger charge is 2.76. The second kappa shape index (κ2) is 13.9. The van der Waals surface area contributed by atoms with Crippen LogP contribution < -0.4 is 4.90 Å². The molecule has 3 aliphatic carbocycles. The lowest BCUT2D eigenvalue weighted by Gasteiger charge is -2.70. The molecule has 0 bridgehead atoms. The van der Waals surface area contributed by atoms with Crippen molar-refractivity contribution in [2.45, 2.75) is 104 Å². The van der Waals surface area contributed by atoms with Crippen molar-refractivity contribution in [2.24, 2.45) is 34.0 Å². The van der Waals surface area contributed by atoms with Crippen molar-refractivity contribution in [3.05, 3.63) is 41.5 Å². The van der Waals surface area contributed by atoms with Crippen LogP contribution in [0.3, 0.4) is 0 Å². The summed E-state index contributed by atoms with van der Waals surface area (Å²) < 4.78 is 30.3. The number of benzene rings is 1. The Labute approximate surface area is 296 Å². The summed E-state index contributed by atoms with van der Waals surface area (Å²) in [7, 11) is 3.99. The number of hydrogen-bond donors (Lipinski definition) is 1. The van der Waals surface area contributed by atoms with Crippen molar-refractivity contribution in [1.82, 2.24) is 0 Å². The lowest BCUT2D eigenvalue weighted by atomic mass is 9.36. The van der Waals surface area contributed by atoms with E-state index < -0.39 is 75.9 Å². The van der Waals surface area contributed by atoms with Gasteiger partial charge in [0, 0.05) is 70.1 Å². The van der Waals surface area contributed by atoms with Gasteiger partial charge in [0.25, 0.3) is 0 Å². The zero-order valence-electron chi connectivity index (χ0n) is 31.1. The number of carbonyl (C=O) groups excluding carboxylic acids is 4. The van der Waals surface area contributed by atoms with E-state index in [0.717, 1.165) is 16.8 Å². The molecule has 0 aromatic heterocycles.